The molecule has 3 rings (SSSR count). The van der Waals surface area contributed by atoms with E-state index in [4.69, 9.17) is 0 Å². The van der Waals surface area contributed by atoms with Crippen LogP contribution >= 0.6 is 11.8 Å². The summed E-state index contributed by atoms with van der Waals surface area (Å²) in [6, 6.07) is 7.91. The summed E-state index contributed by atoms with van der Waals surface area (Å²) >= 11 is 1.69. The molecule has 1 unspecified atom stereocenters. The largest absolute Gasteiger partial charge is 0.348 e. The zero-order valence-corrected chi connectivity index (χ0v) is 11.7. The maximum absolute atomic E-state index is 12.5. The fourth-order valence-corrected chi connectivity index (χ4v) is 3.02. The zero-order valence-electron chi connectivity index (χ0n) is 10.8. The monoisotopic (exact) mass is 272 g/mol. The van der Waals surface area contributed by atoms with Crippen molar-refractivity contribution in [3.8, 4) is 0 Å². The molecule has 1 aliphatic carbocycles. The molecule has 1 N–H and O–H groups in total. The van der Waals surface area contributed by atoms with Crippen molar-refractivity contribution in [2.24, 2.45) is 5.92 Å². The Morgan fingerprint density at radius 3 is 2.89 bits per heavy atom. The summed E-state index contributed by atoms with van der Waals surface area (Å²) in [5.41, 5.74) is 3.08. The number of hydrogen-bond acceptors (Lipinski definition) is 3. The van der Waals surface area contributed by atoms with Gasteiger partial charge in [0.2, 0.25) is 0 Å². The molecule has 2 aromatic rings. The summed E-state index contributed by atoms with van der Waals surface area (Å²) in [6.07, 6.45) is 6.37. The maximum Gasteiger partial charge on any atom is 0.166 e. The smallest absolute Gasteiger partial charge is 0.166 e. The second kappa shape index (κ2) is 5.21. The maximum atomic E-state index is 12.5. The summed E-state index contributed by atoms with van der Waals surface area (Å²) in [7, 11) is 0. The molecule has 4 heteroatoms. The SMILES string of the molecule is CSc1ccc(C(=O)C2CCc3[nH]cnc3C2)cc1. The molecule has 0 saturated heterocycles. The van der Waals surface area contributed by atoms with Gasteiger partial charge >= 0.3 is 0 Å². The third kappa shape index (κ3) is 2.45. The number of thioether (sulfide) groups is 1. The first-order valence-corrected chi connectivity index (χ1v) is 7.70. The van der Waals surface area contributed by atoms with Crippen molar-refractivity contribution >= 4 is 17.5 Å². The van der Waals surface area contributed by atoms with Crippen LogP contribution in [0, 0.1) is 5.92 Å². The van der Waals surface area contributed by atoms with E-state index in [0.717, 1.165) is 30.5 Å². The number of aromatic nitrogens is 2. The Kier molecular flexibility index (Phi) is 3.42. The number of nitrogens with zero attached hydrogens (tertiary/aromatic N) is 1. The van der Waals surface area contributed by atoms with Crippen LogP contribution in [0.25, 0.3) is 0 Å². The van der Waals surface area contributed by atoms with Crippen molar-refractivity contribution in [1.82, 2.24) is 9.97 Å². The van der Waals surface area contributed by atoms with E-state index in [9.17, 15) is 4.79 Å². The number of rotatable bonds is 3. The van der Waals surface area contributed by atoms with E-state index in [0.29, 0.717) is 0 Å². The van der Waals surface area contributed by atoms with Gasteiger partial charge in [-0.3, -0.25) is 4.79 Å². The third-order valence-electron chi connectivity index (χ3n) is 3.74. The number of fused-ring (bicyclic) bond motifs is 1. The second-order valence-corrected chi connectivity index (χ2v) is 5.74. The van der Waals surface area contributed by atoms with Gasteiger partial charge in [0.15, 0.2) is 5.78 Å². The fraction of sp³-hybridized carbons (Fsp3) is 0.333. The van der Waals surface area contributed by atoms with Gasteiger partial charge in [-0.1, -0.05) is 12.1 Å². The summed E-state index contributed by atoms with van der Waals surface area (Å²) in [5.74, 6) is 0.331. The molecular formula is C15H16N2OS. The molecule has 0 fully saturated rings. The van der Waals surface area contributed by atoms with Crippen molar-refractivity contribution in [2.45, 2.75) is 24.2 Å². The lowest BCUT2D eigenvalue weighted by Gasteiger charge is -2.20. The minimum atomic E-state index is 0.0796. The van der Waals surface area contributed by atoms with Crippen molar-refractivity contribution in [1.29, 1.82) is 0 Å². The highest BCUT2D eigenvalue weighted by molar-refractivity contribution is 7.98. The molecule has 1 aromatic carbocycles. The van der Waals surface area contributed by atoms with Crippen molar-refractivity contribution in [3.05, 3.63) is 47.5 Å². The van der Waals surface area contributed by atoms with E-state index in [1.54, 1.807) is 18.1 Å². The Labute approximate surface area is 116 Å². The number of aromatic amines is 1. The number of imidazole rings is 1. The number of benzene rings is 1. The standard InChI is InChI=1S/C15H16N2OS/c1-19-12-5-2-10(3-6-12)15(18)11-4-7-13-14(8-11)17-9-16-13/h2-3,5-6,9,11H,4,7-8H2,1H3,(H,16,17). The quantitative estimate of drug-likeness (QED) is 0.689. The van der Waals surface area contributed by atoms with E-state index >= 15 is 0 Å². The van der Waals surface area contributed by atoms with Crippen LogP contribution in [-0.4, -0.2) is 22.0 Å². The lowest BCUT2D eigenvalue weighted by Crippen LogP contribution is -2.22. The lowest BCUT2D eigenvalue weighted by molar-refractivity contribution is 0.0907. The normalized spacial score (nSPS) is 18.1. The summed E-state index contributed by atoms with van der Waals surface area (Å²) in [6.45, 7) is 0. The molecular weight excluding hydrogens is 256 g/mol. The highest BCUT2D eigenvalue weighted by Gasteiger charge is 2.26. The molecule has 0 saturated carbocycles. The molecule has 1 aliphatic rings. The summed E-state index contributed by atoms with van der Waals surface area (Å²) in [5, 5.41) is 0. The van der Waals surface area contributed by atoms with Crippen LogP contribution in [0.4, 0.5) is 0 Å². The van der Waals surface area contributed by atoms with Gasteiger partial charge in [0.25, 0.3) is 0 Å². The highest BCUT2D eigenvalue weighted by Crippen LogP contribution is 2.26. The third-order valence-corrected chi connectivity index (χ3v) is 4.48. The van der Waals surface area contributed by atoms with Gasteiger partial charge in [-0.05, 0) is 31.2 Å². The molecule has 0 aliphatic heterocycles. The first-order valence-electron chi connectivity index (χ1n) is 6.47. The number of hydrogen-bond donors (Lipinski definition) is 1. The number of aryl methyl sites for hydroxylation is 1. The summed E-state index contributed by atoms with van der Waals surface area (Å²) in [4.78, 5) is 21.1. The number of ketones is 1. The van der Waals surface area contributed by atoms with Gasteiger partial charge in [-0.25, -0.2) is 4.98 Å². The van der Waals surface area contributed by atoms with Crippen LogP contribution in [0.2, 0.25) is 0 Å². The Morgan fingerprint density at radius 2 is 2.16 bits per heavy atom. The number of carbonyl (C=O) groups is 1. The van der Waals surface area contributed by atoms with Crippen LogP contribution in [0.3, 0.4) is 0 Å². The van der Waals surface area contributed by atoms with Crippen LogP contribution in [-0.2, 0) is 12.8 Å². The minimum absolute atomic E-state index is 0.0796. The van der Waals surface area contributed by atoms with Gasteiger partial charge in [-0.2, -0.15) is 0 Å². The number of Topliss-reactive ketones (excluding diaryl/α,β-unsaturated/α-hetero) is 1. The molecule has 1 aromatic heterocycles. The van der Waals surface area contributed by atoms with Gasteiger partial charge in [0.05, 0.1) is 12.0 Å². The van der Waals surface area contributed by atoms with E-state index in [1.807, 2.05) is 30.5 Å². The molecule has 0 amide bonds. The Bertz CT molecular complexity index is 588. The van der Waals surface area contributed by atoms with Crippen molar-refractivity contribution < 1.29 is 4.79 Å². The molecule has 19 heavy (non-hydrogen) atoms. The molecule has 0 bridgehead atoms. The van der Waals surface area contributed by atoms with Crippen LogP contribution in [0.1, 0.15) is 28.2 Å². The number of nitrogens with one attached hydrogen (secondary N) is 1. The number of carbonyl (C=O) groups excluding carboxylic acids is 1. The molecule has 3 nitrogen and oxygen atoms in total. The molecule has 0 radical (unpaired) electrons. The van der Waals surface area contributed by atoms with Gasteiger partial charge in [-0.15, -0.1) is 11.8 Å². The van der Waals surface area contributed by atoms with Crippen LogP contribution < -0.4 is 0 Å². The number of H-pyrrole nitrogens is 1. The highest BCUT2D eigenvalue weighted by atomic mass is 32.2. The van der Waals surface area contributed by atoms with Gasteiger partial charge < -0.3 is 4.98 Å². The van der Waals surface area contributed by atoms with E-state index in [1.165, 1.54) is 10.6 Å². The first kappa shape index (κ1) is 12.5. The molecule has 1 heterocycles. The molecule has 0 spiro atoms. The topological polar surface area (TPSA) is 45.8 Å². The summed E-state index contributed by atoms with van der Waals surface area (Å²) < 4.78 is 0. The van der Waals surface area contributed by atoms with E-state index in [-0.39, 0.29) is 11.7 Å². The predicted octanol–water partition coefficient (Wildman–Crippen LogP) is 3.12. The molecule has 98 valence electrons. The van der Waals surface area contributed by atoms with Crippen LogP contribution in [0.5, 0.6) is 0 Å². The zero-order chi connectivity index (χ0) is 13.2. The average molecular weight is 272 g/mol. The Morgan fingerprint density at radius 1 is 1.37 bits per heavy atom. The van der Waals surface area contributed by atoms with E-state index in [2.05, 4.69) is 9.97 Å². The van der Waals surface area contributed by atoms with Crippen molar-refractivity contribution in [2.75, 3.05) is 6.26 Å². The minimum Gasteiger partial charge on any atom is -0.348 e. The predicted molar refractivity (Wildman–Crippen MR) is 76.7 cm³/mol. The van der Waals surface area contributed by atoms with Crippen LogP contribution in [0.15, 0.2) is 35.5 Å². The Balaban J connectivity index is 1.77. The lowest BCUT2D eigenvalue weighted by atomic mass is 9.84. The first-order chi connectivity index (χ1) is 9.28. The second-order valence-electron chi connectivity index (χ2n) is 4.86. The molecule has 1 atom stereocenters. The van der Waals surface area contributed by atoms with Crippen molar-refractivity contribution in [3.63, 3.8) is 0 Å². The average Bonchev–Trinajstić information content (AvgIpc) is 2.94. The Hall–Kier alpha value is -1.55. The van der Waals surface area contributed by atoms with E-state index < -0.39 is 0 Å². The van der Waals surface area contributed by atoms with Gasteiger partial charge in [0, 0.05) is 28.5 Å². The van der Waals surface area contributed by atoms with Gasteiger partial charge in [0.1, 0.15) is 0 Å². The fourth-order valence-electron chi connectivity index (χ4n) is 2.61.